The molecule has 0 aromatic carbocycles. The van der Waals surface area contributed by atoms with Crippen molar-refractivity contribution >= 4 is 17.4 Å². The van der Waals surface area contributed by atoms with E-state index in [1.54, 1.807) is 0 Å². The molecule has 0 bridgehead atoms. The van der Waals surface area contributed by atoms with E-state index < -0.39 is 0 Å². The van der Waals surface area contributed by atoms with E-state index in [1.807, 2.05) is 12.1 Å². The third kappa shape index (κ3) is 4.92. The van der Waals surface area contributed by atoms with Gasteiger partial charge in [0.2, 0.25) is 0 Å². The molecule has 96 valence electrons. The molecule has 0 aliphatic carbocycles. The number of anilines is 1. The van der Waals surface area contributed by atoms with Crippen LogP contribution >= 0.6 is 11.6 Å². The van der Waals surface area contributed by atoms with Crippen LogP contribution in [0.5, 0.6) is 0 Å². The Balaban J connectivity index is 2.73. The average Bonchev–Trinajstić information content (AvgIpc) is 2.34. The highest BCUT2D eigenvalue weighted by Crippen LogP contribution is 2.13. The van der Waals surface area contributed by atoms with Crippen molar-refractivity contribution in [3.05, 3.63) is 23.9 Å². The Bertz CT molecular complexity index is 328. The number of hydrogen-bond acceptors (Lipinski definition) is 3. The van der Waals surface area contributed by atoms with E-state index in [2.05, 4.69) is 41.9 Å². The maximum atomic E-state index is 5.82. The van der Waals surface area contributed by atoms with Crippen molar-refractivity contribution in [2.45, 2.75) is 19.2 Å². The van der Waals surface area contributed by atoms with E-state index in [-0.39, 0.29) is 0 Å². The van der Waals surface area contributed by atoms with Crippen LogP contribution in [0.3, 0.4) is 0 Å². The van der Waals surface area contributed by atoms with Gasteiger partial charge in [0.1, 0.15) is 5.82 Å². The molecule has 1 aromatic heterocycles. The van der Waals surface area contributed by atoms with Gasteiger partial charge in [-0.15, -0.1) is 11.6 Å². The second-order valence-electron chi connectivity index (χ2n) is 4.41. The molecule has 0 radical (unpaired) electrons. The summed E-state index contributed by atoms with van der Waals surface area (Å²) in [5.74, 6) is 1.51. The lowest BCUT2D eigenvalue weighted by Crippen LogP contribution is -2.33. The van der Waals surface area contributed by atoms with Crippen LogP contribution in [-0.4, -0.2) is 43.6 Å². The molecule has 0 atom stereocenters. The van der Waals surface area contributed by atoms with Gasteiger partial charge >= 0.3 is 0 Å². The first-order chi connectivity index (χ1) is 8.17. The number of aromatic nitrogens is 1. The standard InChI is InChI=1S/C13H22ClN3/c1-4-8-17(10-9-16(2)3)13-7-5-6-12(11-14)15-13/h5-7H,4,8-11H2,1-3H3. The second-order valence-corrected chi connectivity index (χ2v) is 4.68. The van der Waals surface area contributed by atoms with Gasteiger partial charge in [-0.05, 0) is 32.6 Å². The fourth-order valence-electron chi connectivity index (χ4n) is 1.65. The number of rotatable bonds is 7. The molecule has 0 amide bonds. The number of nitrogens with zero attached hydrogens (tertiary/aromatic N) is 3. The quantitative estimate of drug-likeness (QED) is 0.699. The summed E-state index contributed by atoms with van der Waals surface area (Å²) in [6.07, 6.45) is 1.13. The predicted octanol–water partition coefficient (Wildman–Crippen LogP) is 2.60. The van der Waals surface area contributed by atoms with Crippen LogP contribution in [-0.2, 0) is 5.88 Å². The topological polar surface area (TPSA) is 19.4 Å². The Morgan fingerprint density at radius 1 is 1.18 bits per heavy atom. The van der Waals surface area contributed by atoms with Gasteiger partial charge in [-0.3, -0.25) is 0 Å². The van der Waals surface area contributed by atoms with E-state index in [0.717, 1.165) is 37.6 Å². The van der Waals surface area contributed by atoms with Gasteiger partial charge in [0.15, 0.2) is 0 Å². The maximum Gasteiger partial charge on any atom is 0.128 e. The zero-order valence-electron chi connectivity index (χ0n) is 11.0. The minimum atomic E-state index is 0.474. The molecule has 0 saturated carbocycles. The van der Waals surface area contributed by atoms with Crippen molar-refractivity contribution in [2.75, 3.05) is 38.6 Å². The van der Waals surface area contributed by atoms with Gasteiger partial charge in [-0.2, -0.15) is 0 Å². The monoisotopic (exact) mass is 255 g/mol. The third-order valence-electron chi connectivity index (χ3n) is 2.56. The molecular weight excluding hydrogens is 234 g/mol. The van der Waals surface area contributed by atoms with Gasteiger partial charge < -0.3 is 9.80 Å². The molecule has 0 N–H and O–H groups in total. The molecule has 3 nitrogen and oxygen atoms in total. The summed E-state index contributed by atoms with van der Waals surface area (Å²) in [6.45, 7) is 5.26. The summed E-state index contributed by atoms with van der Waals surface area (Å²) in [7, 11) is 4.18. The zero-order valence-corrected chi connectivity index (χ0v) is 11.7. The highest BCUT2D eigenvalue weighted by Gasteiger charge is 2.07. The Morgan fingerprint density at radius 2 is 1.94 bits per heavy atom. The van der Waals surface area contributed by atoms with Crippen molar-refractivity contribution in [3.63, 3.8) is 0 Å². The maximum absolute atomic E-state index is 5.82. The normalized spacial score (nSPS) is 10.9. The Kier molecular flexibility index (Phi) is 6.30. The first kappa shape index (κ1) is 14.3. The zero-order chi connectivity index (χ0) is 12.7. The average molecular weight is 256 g/mol. The van der Waals surface area contributed by atoms with Crippen LogP contribution in [0.4, 0.5) is 5.82 Å². The van der Waals surface area contributed by atoms with E-state index in [9.17, 15) is 0 Å². The molecule has 0 aliphatic rings. The first-order valence-electron chi connectivity index (χ1n) is 6.09. The van der Waals surface area contributed by atoms with E-state index in [4.69, 9.17) is 11.6 Å². The fourth-order valence-corrected chi connectivity index (χ4v) is 1.80. The van der Waals surface area contributed by atoms with E-state index in [1.165, 1.54) is 0 Å². The highest BCUT2D eigenvalue weighted by molar-refractivity contribution is 6.16. The van der Waals surface area contributed by atoms with Crippen LogP contribution in [0.1, 0.15) is 19.0 Å². The van der Waals surface area contributed by atoms with Gasteiger partial charge in [0.25, 0.3) is 0 Å². The van der Waals surface area contributed by atoms with Crippen LogP contribution < -0.4 is 4.90 Å². The van der Waals surface area contributed by atoms with Crippen LogP contribution in [0.25, 0.3) is 0 Å². The Labute approximate surface area is 109 Å². The molecular formula is C13H22ClN3. The van der Waals surface area contributed by atoms with Crippen molar-refractivity contribution in [1.82, 2.24) is 9.88 Å². The molecule has 17 heavy (non-hydrogen) atoms. The van der Waals surface area contributed by atoms with Gasteiger partial charge in [0.05, 0.1) is 11.6 Å². The lowest BCUT2D eigenvalue weighted by Gasteiger charge is -2.25. The van der Waals surface area contributed by atoms with Crippen LogP contribution in [0.2, 0.25) is 0 Å². The van der Waals surface area contributed by atoms with Crippen molar-refractivity contribution in [2.24, 2.45) is 0 Å². The van der Waals surface area contributed by atoms with Gasteiger partial charge in [-0.25, -0.2) is 4.98 Å². The van der Waals surface area contributed by atoms with Gasteiger partial charge in [-0.1, -0.05) is 13.0 Å². The molecule has 4 heteroatoms. The number of pyridine rings is 1. The second kappa shape index (κ2) is 7.51. The molecule has 0 spiro atoms. The highest BCUT2D eigenvalue weighted by atomic mass is 35.5. The summed E-state index contributed by atoms with van der Waals surface area (Å²) < 4.78 is 0. The number of alkyl halides is 1. The minimum Gasteiger partial charge on any atom is -0.355 e. The predicted molar refractivity (Wildman–Crippen MR) is 74.9 cm³/mol. The summed E-state index contributed by atoms with van der Waals surface area (Å²) in [4.78, 5) is 9.07. The van der Waals surface area contributed by atoms with Crippen molar-refractivity contribution in [3.8, 4) is 0 Å². The lowest BCUT2D eigenvalue weighted by molar-refractivity contribution is 0.412. The van der Waals surface area contributed by atoms with Crippen LogP contribution in [0.15, 0.2) is 18.2 Å². The summed E-state index contributed by atoms with van der Waals surface area (Å²) >= 11 is 5.82. The Morgan fingerprint density at radius 3 is 2.53 bits per heavy atom. The lowest BCUT2D eigenvalue weighted by atomic mass is 10.3. The molecule has 1 aromatic rings. The van der Waals surface area contributed by atoms with Gasteiger partial charge in [0, 0.05) is 19.6 Å². The number of hydrogen-bond donors (Lipinski definition) is 0. The first-order valence-corrected chi connectivity index (χ1v) is 6.62. The Hall–Kier alpha value is -0.800. The largest absolute Gasteiger partial charge is 0.355 e. The molecule has 0 saturated heterocycles. The molecule has 1 rings (SSSR count). The minimum absolute atomic E-state index is 0.474. The smallest absolute Gasteiger partial charge is 0.128 e. The van der Waals surface area contributed by atoms with E-state index in [0.29, 0.717) is 5.88 Å². The molecule has 0 aliphatic heterocycles. The molecule has 1 heterocycles. The van der Waals surface area contributed by atoms with Crippen LogP contribution in [0, 0.1) is 0 Å². The molecule has 0 fully saturated rings. The summed E-state index contributed by atoms with van der Waals surface area (Å²) in [6, 6.07) is 6.05. The third-order valence-corrected chi connectivity index (χ3v) is 2.84. The van der Waals surface area contributed by atoms with E-state index >= 15 is 0 Å². The molecule has 0 unspecified atom stereocenters. The summed E-state index contributed by atoms with van der Waals surface area (Å²) in [5.41, 5.74) is 0.940. The van der Waals surface area contributed by atoms with Crippen molar-refractivity contribution in [1.29, 1.82) is 0 Å². The SMILES string of the molecule is CCCN(CCN(C)C)c1cccc(CCl)n1. The fraction of sp³-hybridized carbons (Fsp3) is 0.615. The summed E-state index contributed by atoms with van der Waals surface area (Å²) in [5, 5.41) is 0. The van der Waals surface area contributed by atoms with Crippen molar-refractivity contribution < 1.29 is 0 Å². The number of halogens is 1. The number of likely N-dealkylation sites (N-methyl/N-ethyl adjacent to an activating group) is 1.